The predicted molar refractivity (Wildman–Crippen MR) is 120 cm³/mol. The lowest BCUT2D eigenvalue weighted by molar-refractivity contribution is -0.137. The van der Waals surface area contributed by atoms with Crippen LogP contribution >= 0.6 is 11.3 Å². The van der Waals surface area contributed by atoms with Crippen molar-refractivity contribution in [1.82, 2.24) is 35.8 Å². The van der Waals surface area contributed by atoms with Gasteiger partial charge in [0, 0.05) is 33.2 Å². The Morgan fingerprint density at radius 3 is 2.71 bits per heavy atom. The number of alkyl halides is 3. The van der Waals surface area contributed by atoms with E-state index >= 15 is 0 Å². The minimum atomic E-state index is -4.44. The molecule has 2 amide bonds. The molecule has 0 spiro atoms. The summed E-state index contributed by atoms with van der Waals surface area (Å²) in [7, 11) is 1.55. The summed E-state index contributed by atoms with van der Waals surface area (Å²) >= 11 is 1.23. The number of aromatic nitrogens is 5. The summed E-state index contributed by atoms with van der Waals surface area (Å²) in [4.78, 5) is 24.2. The van der Waals surface area contributed by atoms with Gasteiger partial charge >= 0.3 is 6.18 Å². The summed E-state index contributed by atoms with van der Waals surface area (Å²) in [6.45, 7) is 1.26. The molecule has 0 bridgehead atoms. The van der Waals surface area contributed by atoms with Gasteiger partial charge in [0.1, 0.15) is 5.01 Å². The second kappa shape index (κ2) is 12.4. The molecule has 1 aromatic carbocycles. The summed E-state index contributed by atoms with van der Waals surface area (Å²) in [5.74, 6) is -0.814. The number of ether oxygens (including phenoxy) is 1. The molecule has 0 aliphatic heterocycles. The van der Waals surface area contributed by atoms with E-state index in [9.17, 15) is 22.8 Å². The second-order valence-corrected chi connectivity index (χ2v) is 8.52. The zero-order valence-electron chi connectivity index (χ0n) is 18.8. The van der Waals surface area contributed by atoms with Gasteiger partial charge in [0.05, 0.1) is 18.4 Å². The fourth-order valence-corrected chi connectivity index (χ4v) is 3.78. The molecule has 2 heterocycles. The van der Waals surface area contributed by atoms with Crippen molar-refractivity contribution in [2.45, 2.75) is 38.5 Å². The van der Waals surface area contributed by atoms with Gasteiger partial charge in [-0.3, -0.25) is 14.3 Å². The van der Waals surface area contributed by atoms with Crippen LogP contribution in [0.15, 0.2) is 30.5 Å². The normalized spacial score (nSPS) is 11.4. The fourth-order valence-electron chi connectivity index (χ4n) is 2.98. The summed E-state index contributed by atoms with van der Waals surface area (Å²) < 4.78 is 44.8. The van der Waals surface area contributed by atoms with E-state index in [1.807, 2.05) is 0 Å². The number of unbranched alkanes of at least 4 members (excludes halogenated alkanes) is 1. The maximum absolute atomic E-state index is 12.8. The van der Waals surface area contributed by atoms with Gasteiger partial charge in [0.15, 0.2) is 5.69 Å². The maximum Gasteiger partial charge on any atom is 0.416 e. The number of rotatable bonds is 12. The zero-order valence-corrected chi connectivity index (χ0v) is 19.7. The first-order valence-electron chi connectivity index (χ1n) is 10.7. The van der Waals surface area contributed by atoms with Crippen LogP contribution < -0.4 is 10.6 Å². The van der Waals surface area contributed by atoms with Crippen LogP contribution in [0.2, 0.25) is 0 Å². The Bertz CT molecular complexity index is 1130. The Morgan fingerprint density at radius 1 is 1.11 bits per heavy atom. The molecule has 3 aromatic rings. The molecule has 188 valence electrons. The molecule has 0 radical (unpaired) electrons. The van der Waals surface area contributed by atoms with Gasteiger partial charge < -0.3 is 15.4 Å². The van der Waals surface area contributed by atoms with Crippen molar-refractivity contribution in [1.29, 1.82) is 0 Å². The van der Waals surface area contributed by atoms with Gasteiger partial charge in [-0.2, -0.15) is 13.2 Å². The van der Waals surface area contributed by atoms with Crippen LogP contribution in [0.5, 0.6) is 0 Å². The molecule has 10 nitrogen and oxygen atoms in total. The van der Waals surface area contributed by atoms with Gasteiger partial charge in [-0.15, -0.1) is 15.3 Å². The summed E-state index contributed by atoms with van der Waals surface area (Å²) in [6, 6.07) is 4.76. The molecular weight excluding hydrogens is 487 g/mol. The first-order chi connectivity index (χ1) is 16.8. The van der Waals surface area contributed by atoms with Crippen LogP contribution in [0.3, 0.4) is 0 Å². The van der Waals surface area contributed by atoms with Crippen LogP contribution in [0.25, 0.3) is 0 Å². The quantitative estimate of drug-likeness (QED) is 0.358. The van der Waals surface area contributed by atoms with Crippen molar-refractivity contribution in [3.05, 3.63) is 57.3 Å². The van der Waals surface area contributed by atoms with E-state index in [-0.39, 0.29) is 18.1 Å². The van der Waals surface area contributed by atoms with Gasteiger partial charge in [-0.1, -0.05) is 28.7 Å². The van der Waals surface area contributed by atoms with E-state index in [2.05, 4.69) is 31.1 Å². The Hall–Kier alpha value is -3.39. The van der Waals surface area contributed by atoms with E-state index in [4.69, 9.17) is 4.74 Å². The minimum Gasteiger partial charge on any atom is -0.383 e. The number of carbonyl (C=O) groups excluding carboxylic acids is 2. The molecule has 0 saturated carbocycles. The molecule has 2 aromatic heterocycles. The molecule has 2 N–H and O–H groups in total. The number of hydrogen-bond acceptors (Lipinski definition) is 8. The number of halogens is 3. The van der Waals surface area contributed by atoms with Gasteiger partial charge in [-0.05, 0) is 30.5 Å². The zero-order chi connectivity index (χ0) is 25.3. The molecule has 35 heavy (non-hydrogen) atoms. The SMILES string of the molecule is COCCNC(=O)c1nnc(CCCCn2cc(C(=O)NCc3cccc(C(F)(F)F)c3)nn2)s1. The Morgan fingerprint density at radius 2 is 1.94 bits per heavy atom. The van der Waals surface area contributed by atoms with Crippen molar-refractivity contribution in [3.8, 4) is 0 Å². The van der Waals surface area contributed by atoms with E-state index < -0.39 is 17.6 Å². The van der Waals surface area contributed by atoms with E-state index in [1.165, 1.54) is 34.3 Å². The molecule has 3 rings (SSSR count). The van der Waals surface area contributed by atoms with Crippen LogP contribution in [-0.2, 0) is 30.4 Å². The predicted octanol–water partition coefficient (Wildman–Crippen LogP) is 2.48. The molecule has 0 saturated heterocycles. The summed E-state index contributed by atoms with van der Waals surface area (Å²) in [5.41, 5.74) is -0.372. The molecule has 0 atom stereocenters. The van der Waals surface area contributed by atoms with Gasteiger partial charge in [0.2, 0.25) is 5.01 Å². The van der Waals surface area contributed by atoms with Crippen LogP contribution in [0, 0.1) is 0 Å². The first-order valence-corrected chi connectivity index (χ1v) is 11.5. The third-order valence-corrected chi connectivity index (χ3v) is 5.74. The topological polar surface area (TPSA) is 124 Å². The second-order valence-electron chi connectivity index (χ2n) is 7.45. The first kappa shape index (κ1) is 26.2. The molecular formula is C21H24F3N7O3S. The third kappa shape index (κ3) is 8.10. The lowest BCUT2D eigenvalue weighted by Crippen LogP contribution is -2.26. The monoisotopic (exact) mass is 511 g/mol. The van der Waals surface area contributed by atoms with Crippen LogP contribution in [0.4, 0.5) is 13.2 Å². The van der Waals surface area contributed by atoms with Crippen molar-refractivity contribution in [2.24, 2.45) is 0 Å². The third-order valence-electron chi connectivity index (χ3n) is 4.76. The lowest BCUT2D eigenvalue weighted by Gasteiger charge is -2.09. The highest BCUT2D eigenvalue weighted by Crippen LogP contribution is 2.29. The molecule has 0 fully saturated rings. The number of hydrogen-bond donors (Lipinski definition) is 2. The highest BCUT2D eigenvalue weighted by atomic mass is 32.1. The van der Waals surface area contributed by atoms with Gasteiger partial charge in [-0.25, -0.2) is 0 Å². The maximum atomic E-state index is 12.8. The Labute approximate surface area is 202 Å². The average Bonchev–Trinajstić information content (AvgIpc) is 3.50. The summed E-state index contributed by atoms with van der Waals surface area (Å²) in [6.07, 6.45) is -0.836. The minimum absolute atomic E-state index is 0.0656. The number of aryl methyl sites for hydroxylation is 2. The average molecular weight is 512 g/mol. The summed E-state index contributed by atoms with van der Waals surface area (Å²) in [5, 5.41) is 21.9. The van der Waals surface area contributed by atoms with Crippen molar-refractivity contribution in [2.75, 3.05) is 20.3 Å². The number of amides is 2. The van der Waals surface area contributed by atoms with E-state index in [1.54, 1.807) is 7.11 Å². The molecule has 0 aliphatic carbocycles. The largest absolute Gasteiger partial charge is 0.416 e. The van der Waals surface area contributed by atoms with E-state index in [0.29, 0.717) is 36.7 Å². The van der Waals surface area contributed by atoms with Gasteiger partial charge in [0.25, 0.3) is 11.8 Å². The smallest absolute Gasteiger partial charge is 0.383 e. The number of nitrogens with one attached hydrogen (secondary N) is 2. The van der Waals surface area contributed by atoms with Crippen molar-refractivity contribution in [3.63, 3.8) is 0 Å². The fraction of sp³-hybridized carbons (Fsp3) is 0.429. The Kier molecular flexibility index (Phi) is 9.25. The van der Waals surface area contributed by atoms with Crippen molar-refractivity contribution < 1.29 is 27.5 Å². The van der Waals surface area contributed by atoms with E-state index in [0.717, 1.165) is 30.0 Å². The number of nitrogens with zero attached hydrogens (tertiary/aromatic N) is 5. The standard InChI is InChI=1S/C21H24F3N7O3S/c1-34-10-8-25-19(33)20-29-28-17(35-20)7-2-3-9-31-13-16(27-30-31)18(32)26-12-14-5-4-6-15(11-14)21(22,23)24/h4-6,11,13H,2-3,7-10,12H2,1H3,(H,25,33)(H,26,32). The number of carbonyl (C=O) groups is 2. The highest BCUT2D eigenvalue weighted by molar-refractivity contribution is 7.13. The van der Waals surface area contributed by atoms with Crippen LogP contribution in [0.1, 0.15) is 49.3 Å². The molecule has 0 unspecified atom stereocenters. The van der Waals surface area contributed by atoms with Crippen LogP contribution in [-0.4, -0.2) is 57.3 Å². The molecule has 14 heteroatoms. The lowest BCUT2D eigenvalue weighted by atomic mass is 10.1. The highest BCUT2D eigenvalue weighted by Gasteiger charge is 2.30. The Balaban J connectivity index is 1.40. The molecule has 0 aliphatic rings. The van der Waals surface area contributed by atoms with Crippen molar-refractivity contribution >= 4 is 23.2 Å². The number of benzene rings is 1. The number of methoxy groups -OCH3 is 1.